The average molecular weight is 458 g/mol. The molecule has 1 aliphatic heterocycles. The summed E-state index contributed by atoms with van der Waals surface area (Å²) in [5.41, 5.74) is -0.244. The monoisotopic (exact) mass is 458 g/mol. The third kappa shape index (κ3) is 4.44. The summed E-state index contributed by atoms with van der Waals surface area (Å²) >= 11 is 0. The van der Waals surface area contributed by atoms with Crippen LogP contribution in [0.25, 0.3) is 11.1 Å². The fraction of sp³-hybridized carbons (Fsp3) is 0.0833. The van der Waals surface area contributed by atoms with Crippen LogP contribution in [0.3, 0.4) is 0 Å². The Morgan fingerprint density at radius 2 is 1.36 bits per heavy atom. The molecule has 1 heterocycles. The summed E-state index contributed by atoms with van der Waals surface area (Å²) in [4.78, 5) is 0. The molecule has 0 bridgehead atoms. The molecule has 0 unspecified atom stereocenters. The fourth-order valence-corrected chi connectivity index (χ4v) is 3.27. The minimum atomic E-state index is -4.42. The van der Waals surface area contributed by atoms with Crippen molar-refractivity contribution in [2.24, 2.45) is 0 Å². The summed E-state index contributed by atoms with van der Waals surface area (Å²) < 4.78 is 87.9. The van der Waals surface area contributed by atoms with Crippen LogP contribution in [0, 0.1) is 24.4 Å². The van der Waals surface area contributed by atoms with Gasteiger partial charge in [-0.2, -0.15) is 8.78 Å². The van der Waals surface area contributed by atoms with Gasteiger partial charge in [-0.3, -0.25) is 0 Å². The van der Waals surface area contributed by atoms with Gasteiger partial charge in [0, 0.05) is 11.5 Å². The third-order valence-corrected chi connectivity index (χ3v) is 5.00. The van der Waals surface area contributed by atoms with Gasteiger partial charge in [-0.25, -0.2) is 13.2 Å². The molecule has 0 atom stereocenters. The van der Waals surface area contributed by atoms with Crippen LogP contribution in [0.1, 0.15) is 11.1 Å². The van der Waals surface area contributed by atoms with Crippen molar-refractivity contribution in [3.05, 3.63) is 108 Å². The van der Waals surface area contributed by atoms with Crippen molar-refractivity contribution < 1.29 is 36.0 Å². The fourth-order valence-electron chi connectivity index (χ4n) is 3.27. The Hall–Kier alpha value is -3.75. The second kappa shape index (κ2) is 8.31. The first-order valence-electron chi connectivity index (χ1n) is 9.69. The van der Waals surface area contributed by atoms with Crippen LogP contribution in [0.5, 0.6) is 5.75 Å². The van der Waals surface area contributed by atoms with Gasteiger partial charge >= 0.3 is 13.2 Å². The van der Waals surface area contributed by atoms with Crippen molar-refractivity contribution in [1.29, 1.82) is 0 Å². The zero-order valence-corrected chi connectivity index (χ0v) is 17.3. The number of benzene rings is 3. The molecular weight excluding hydrogens is 442 g/mol. The van der Waals surface area contributed by atoms with Crippen LogP contribution in [0.4, 0.5) is 22.0 Å². The molecule has 3 aromatic rings. The van der Waals surface area contributed by atoms with Gasteiger partial charge in [-0.15, -0.1) is 0 Å². The second-order valence-corrected chi connectivity index (χ2v) is 7.40. The van der Waals surface area contributed by atoms with Gasteiger partial charge in [0.05, 0.1) is 0 Å². The minimum Gasteiger partial charge on any atom is -0.520 e. The molecule has 0 aliphatic carbocycles. The van der Waals surface area contributed by atoms with E-state index in [0.29, 0.717) is 11.6 Å². The molecule has 4 rings (SSSR count). The quantitative estimate of drug-likeness (QED) is 0.348. The predicted molar refractivity (Wildman–Crippen MR) is 113 cm³/mol. The van der Waals surface area contributed by atoms with Crippen LogP contribution >= 0.6 is 0 Å². The SMILES string of the molecule is C=C1OB(c2ccc(OC(F)(F)c3c(F)cc(-c4ccc(C)cc4)cc3F)cc2F)OC1=C. The molecule has 1 fully saturated rings. The van der Waals surface area contributed by atoms with Crippen LogP contribution in [0.2, 0.25) is 0 Å². The maximum Gasteiger partial charge on any atom is 0.635 e. The van der Waals surface area contributed by atoms with Gasteiger partial charge in [0.15, 0.2) is 0 Å². The van der Waals surface area contributed by atoms with Crippen molar-refractivity contribution in [3.63, 3.8) is 0 Å². The molecular formula is C24H16BF5O3. The van der Waals surface area contributed by atoms with E-state index in [1.54, 1.807) is 24.3 Å². The van der Waals surface area contributed by atoms with E-state index in [4.69, 9.17) is 9.31 Å². The van der Waals surface area contributed by atoms with Crippen molar-refractivity contribution in [2.45, 2.75) is 13.0 Å². The molecule has 3 aromatic carbocycles. The first kappa shape index (κ1) is 22.4. The number of rotatable bonds is 5. The van der Waals surface area contributed by atoms with Gasteiger partial charge < -0.3 is 14.0 Å². The number of alkyl halides is 2. The van der Waals surface area contributed by atoms with E-state index in [1.807, 2.05) is 6.92 Å². The zero-order chi connectivity index (χ0) is 23.9. The molecule has 0 amide bonds. The highest BCUT2D eigenvalue weighted by Gasteiger charge is 2.42. The topological polar surface area (TPSA) is 27.7 Å². The normalized spacial score (nSPS) is 13.7. The molecule has 9 heteroatoms. The summed E-state index contributed by atoms with van der Waals surface area (Å²) in [5, 5.41) is 0. The lowest BCUT2D eigenvalue weighted by molar-refractivity contribution is -0.189. The first-order chi connectivity index (χ1) is 15.5. The summed E-state index contributed by atoms with van der Waals surface area (Å²) in [6.45, 7) is 8.88. The Kier molecular flexibility index (Phi) is 5.65. The number of hydrogen-bond donors (Lipinski definition) is 0. The Morgan fingerprint density at radius 1 is 0.788 bits per heavy atom. The molecule has 0 saturated carbocycles. The lowest BCUT2D eigenvalue weighted by Gasteiger charge is -2.20. The predicted octanol–water partition coefficient (Wildman–Crippen LogP) is 5.98. The number of hydrogen-bond acceptors (Lipinski definition) is 3. The summed E-state index contributed by atoms with van der Waals surface area (Å²) in [6, 6.07) is 11.0. The van der Waals surface area contributed by atoms with E-state index in [1.165, 1.54) is 0 Å². The zero-order valence-electron chi connectivity index (χ0n) is 17.3. The minimum absolute atomic E-state index is 0.0830. The van der Waals surface area contributed by atoms with Gasteiger partial charge in [-0.05, 0) is 36.2 Å². The Morgan fingerprint density at radius 3 is 1.91 bits per heavy atom. The molecule has 0 N–H and O–H groups in total. The van der Waals surface area contributed by atoms with E-state index in [9.17, 15) is 22.0 Å². The van der Waals surface area contributed by atoms with Crippen LogP contribution in [-0.4, -0.2) is 7.12 Å². The molecule has 168 valence electrons. The molecule has 1 saturated heterocycles. The summed E-state index contributed by atoms with van der Waals surface area (Å²) in [7, 11) is -1.19. The molecule has 3 nitrogen and oxygen atoms in total. The van der Waals surface area contributed by atoms with Crippen molar-refractivity contribution in [3.8, 4) is 16.9 Å². The van der Waals surface area contributed by atoms with E-state index >= 15 is 0 Å². The molecule has 33 heavy (non-hydrogen) atoms. The van der Waals surface area contributed by atoms with E-state index in [-0.39, 0.29) is 22.5 Å². The highest BCUT2D eigenvalue weighted by Crippen LogP contribution is 2.37. The van der Waals surface area contributed by atoms with E-state index in [0.717, 1.165) is 29.8 Å². The lowest BCUT2D eigenvalue weighted by atomic mass is 9.79. The first-order valence-corrected chi connectivity index (χ1v) is 9.69. The van der Waals surface area contributed by atoms with Crippen molar-refractivity contribution >= 4 is 12.6 Å². The van der Waals surface area contributed by atoms with E-state index in [2.05, 4.69) is 17.9 Å². The third-order valence-electron chi connectivity index (χ3n) is 5.00. The highest BCUT2D eigenvalue weighted by molar-refractivity contribution is 6.62. The summed E-state index contributed by atoms with van der Waals surface area (Å²) in [6.07, 6.45) is -4.42. The largest absolute Gasteiger partial charge is 0.635 e. The number of halogens is 5. The molecule has 1 aliphatic rings. The van der Waals surface area contributed by atoms with Crippen LogP contribution in [-0.2, 0) is 15.4 Å². The van der Waals surface area contributed by atoms with Crippen molar-refractivity contribution in [1.82, 2.24) is 0 Å². The Balaban J connectivity index is 1.60. The van der Waals surface area contributed by atoms with Crippen molar-refractivity contribution in [2.75, 3.05) is 0 Å². The maximum absolute atomic E-state index is 14.7. The number of ether oxygens (including phenoxy) is 1. The van der Waals surface area contributed by atoms with Gasteiger partial charge in [0.25, 0.3) is 0 Å². The van der Waals surface area contributed by atoms with Gasteiger partial charge in [-0.1, -0.05) is 49.1 Å². The molecule has 0 radical (unpaired) electrons. The molecule has 0 spiro atoms. The molecule has 0 aromatic heterocycles. The average Bonchev–Trinajstić information content (AvgIpc) is 3.05. The van der Waals surface area contributed by atoms with Crippen LogP contribution < -0.4 is 10.2 Å². The Bertz CT molecular complexity index is 1220. The van der Waals surface area contributed by atoms with Gasteiger partial charge in [0.2, 0.25) is 0 Å². The van der Waals surface area contributed by atoms with Gasteiger partial charge in [0.1, 0.15) is 40.3 Å². The van der Waals surface area contributed by atoms with E-state index < -0.39 is 42.0 Å². The standard InChI is InChI=1S/C24H16BF5O3/c1-13-4-6-16(7-5-13)17-10-21(27)23(22(28)11-17)24(29,30)31-18-8-9-19(20(26)12-18)25-32-14(2)15(3)33-25/h4-12H,2-3H2,1H3. The summed E-state index contributed by atoms with van der Waals surface area (Å²) in [5.74, 6) is -4.45. The number of aryl methyl sites for hydroxylation is 1. The Labute approximate surface area is 186 Å². The highest BCUT2D eigenvalue weighted by atomic mass is 19.3. The smallest absolute Gasteiger partial charge is 0.520 e. The second-order valence-electron chi connectivity index (χ2n) is 7.40. The lowest BCUT2D eigenvalue weighted by Crippen LogP contribution is -2.34. The maximum atomic E-state index is 14.7. The van der Waals surface area contributed by atoms with Crippen LogP contribution in [0.15, 0.2) is 79.3 Å².